The van der Waals surface area contributed by atoms with Crippen LogP contribution in [0.25, 0.3) is 0 Å². The maximum atomic E-state index is 13.5. The third-order valence-electron chi connectivity index (χ3n) is 6.78. The Kier molecular flexibility index (Phi) is 7.59. The highest BCUT2D eigenvalue weighted by molar-refractivity contribution is 6.42. The average molecular weight is 588 g/mol. The number of carbonyl (C=O) groups is 2. The summed E-state index contributed by atoms with van der Waals surface area (Å²) >= 11 is 13.2. The van der Waals surface area contributed by atoms with E-state index in [9.17, 15) is 9.59 Å². The number of amides is 3. The predicted octanol–water partition coefficient (Wildman–Crippen LogP) is 3.07. The van der Waals surface area contributed by atoms with Crippen LogP contribution in [0.15, 0.2) is 37.2 Å². The number of anilines is 4. The monoisotopic (exact) mass is 587 g/mol. The number of fused-ring (bicyclic) bond motifs is 1. The van der Waals surface area contributed by atoms with Crippen molar-refractivity contribution in [2.75, 3.05) is 54.4 Å². The Hall–Kier alpha value is -4.23. The summed E-state index contributed by atoms with van der Waals surface area (Å²) in [5, 5.41) is 13.7. The molecule has 40 heavy (non-hydrogen) atoms. The van der Waals surface area contributed by atoms with Gasteiger partial charge in [-0.15, -0.1) is 0 Å². The van der Waals surface area contributed by atoms with Crippen molar-refractivity contribution in [3.63, 3.8) is 0 Å². The number of rotatable bonds is 8. The minimum atomic E-state index is -0.405. The third kappa shape index (κ3) is 4.93. The van der Waals surface area contributed by atoms with Gasteiger partial charge in [-0.05, 0) is 6.08 Å². The topological polar surface area (TPSA) is 141 Å². The number of urea groups is 1. The van der Waals surface area contributed by atoms with Gasteiger partial charge in [-0.2, -0.15) is 10.1 Å². The maximum Gasteiger partial charge on any atom is 0.330 e. The number of carbonyl (C=O) groups excluding carboxylic acids is 2. The van der Waals surface area contributed by atoms with Crippen molar-refractivity contribution < 1.29 is 19.1 Å². The second kappa shape index (κ2) is 11.1. The van der Waals surface area contributed by atoms with Gasteiger partial charge in [0.25, 0.3) is 0 Å². The first-order valence-electron chi connectivity index (χ1n) is 12.2. The fraction of sp³-hybridized carbons (Fsp3) is 0.320. The lowest BCUT2D eigenvalue weighted by molar-refractivity contribution is -0.117. The van der Waals surface area contributed by atoms with E-state index in [-0.39, 0.29) is 40.3 Å². The van der Waals surface area contributed by atoms with Crippen LogP contribution < -0.4 is 34.8 Å². The summed E-state index contributed by atoms with van der Waals surface area (Å²) in [6.45, 7) is 4.71. The molecule has 210 valence electrons. The summed E-state index contributed by atoms with van der Waals surface area (Å²) in [5.41, 5.74) is 0.928. The molecule has 15 heteroatoms. The van der Waals surface area contributed by atoms with Gasteiger partial charge in [-0.3, -0.25) is 19.7 Å². The van der Waals surface area contributed by atoms with Crippen LogP contribution in [0.1, 0.15) is 5.56 Å². The van der Waals surface area contributed by atoms with Gasteiger partial charge in [0.2, 0.25) is 11.9 Å². The standard InChI is InChI=1S/C25H27Cl2N9O4/c1-5-19(37)30-14-11-35(18-6-7-29-33-18)12-15(14)31-24-28-9-13-10-36(25(38)34(2)23(13)32-24)22-20(26)16(39-3)8-17(40-4)21(22)27/h5-9,14-15H,1,10-12H2,2-4H3,(H,29,33)(H,30,37)(H,28,31,32). The van der Waals surface area contributed by atoms with E-state index in [1.54, 1.807) is 25.5 Å². The van der Waals surface area contributed by atoms with Crippen LogP contribution in [0.2, 0.25) is 10.0 Å². The molecule has 0 spiro atoms. The molecule has 0 radical (unpaired) electrons. The van der Waals surface area contributed by atoms with Gasteiger partial charge in [-0.25, -0.2) is 9.78 Å². The third-order valence-corrected chi connectivity index (χ3v) is 7.51. The Balaban J connectivity index is 1.42. The Morgan fingerprint density at radius 1 is 1.20 bits per heavy atom. The highest BCUT2D eigenvalue weighted by Crippen LogP contribution is 2.47. The highest BCUT2D eigenvalue weighted by Gasteiger charge is 2.37. The molecule has 13 nitrogen and oxygen atoms in total. The summed E-state index contributed by atoms with van der Waals surface area (Å²) in [5.74, 6) is 1.82. The predicted molar refractivity (Wildman–Crippen MR) is 152 cm³/mol. The van der Waals surface area contributed by atoms with Crippen molar-refractivity contribution in [2.45, 2.75) is 18.6 Å². The first kappa shape index (κ1) is 27.3. The number of methoxy groups -OCH3 is 2. The number of aromatic nitrogens is 4. The number of H-pyrrole nitrogens is 1. The van der Waals surface area contributed by atoms with E-state index in [1.165, 1.54) is 30.1 Å². The van der Waals surface area contributed by atoms with E-state index in [4.69, 9.17) is 32.7 Å². The number of halogens is 2. The molecule has 2 aromatic heterocycles. The Morgan fingerprint density at radius 3 is 2.52 bits per heavy atom. The van der Waals surface area contributed by atoms with Crippen LogP contribution in [-0.2, 0) is 11.3 Å². The van der Waals surface area contributed by atoms with Crippen LogP contribution in [0, 0.1) is 0 Å². The largest absolute Gasteiger partial charge is 0.495 e. The van der Waals surface area contributed by atoms with Crippen LogP contribution in [0.5, 0.6) is 11.5 Å². The fourth-order valence-electron chi connectivity index (χ4n) is 4.78. The molecule has 2 unspecified atom stereocenters. The molecule has 3 amide bonds. The lowest BCUT2D eigenvalue weighted by Gasteiger charge is -2.35. The number of aromatic amines is 1. The molecule has 2 aliphatic heterocycles. The molecule has 0 bridgehead atoms. The summed E-state index contributed by atoms with van der Waals surface area (Å²) in [4.78, 5) is 39.6. The second-order valence-corrected chi connectivity index (χ2v) is 9.89. The number of hydrogen-bond donors (Lipinski definition) is 3. The van der Waals surface area contributed by atoms with Gasteiger partial charge in [0.1, 0.15) is 33.2 Å². The Morgan fingerprint density at radius 2 is 1.90 bits per heavy atom. The van der Waals surface area contributed by atoms with Crippen LogP contribution in [0.3, 0.4) is 0 Å². The van der Waals surface area contributed by atoms with Crippen molar-refractivity contribution in [1.82, 2.24) is 25.5 Å². The smallest absolute Gasteiger partial charge is 0.330 e. The lowest BCUT2D eigenvalue weighted by Crippen LogP contribution is -2.47. The first-order valence-corrected chi connectivity index (χ1v) is 13.0. The van der Waals surface area contributed by atoms with Crippen molar-refractivity contribution >= 4 is 58.4 Å². The molecule has 0 saturated carbocycles. The van der Waals surface area contributed by atoms with Crippen molar-refractivity contribution in [3.8, 4) is 11.5 Å². The molecule has 1 fully saturated rings. The second-order valence-electron chi connectivity index (χ2n) is 9.14. The SMILES string of the molecule is C=CC(=O)NC1CN(c2cc[nH]n2)CC1Nc1ncc2c(n1)N(C)C(=O)N(c1c(Cl)c(OC)cc(OC)c1Cl)C2. The van der Waals surface area contributed by atoms with E-state index < -0.39 is 6.03 Å². The molecule has 5 rings (SSSR count). The van der Waals surface area contributed by atoms with E-state index in [0.717, 1.165) is 5.82 Å². The molecule has 3 aromatic rings. The van der Waals surface area contributed by atoms with Crippen molar-refractivity contribution in [1.29, 1.82) is 0 Å². The quantitative estimate of drug-likeness (QED) is 0.339. The number of benzene rings is 1. The molecule has 1 aromatic carbocycles. The number of ether oxygens (including phenoxy) is 2. The highest BCUT2D eigenvalue weighted by atomic mass is 35.5. The summed E-state index contributed by atoms with van der Waals surface area (Å²) in [7, 11) is 4.53. The van der Waals surface area contributed by atoms with Crippen molar-refractivity contribution in [2.24, 2.45) is 0 Å². The van der Waals surface area contributed by atoms with Crippen molar-refractivity contribution in [3.05, 3.63) is 52.8 Å². The molecule has 0 aliphatic carbocycles. The molecular weight excluding hydrogens is 561 g/mol. The van der Waals surface area contributed by atoms with Gasteiger partial charge in [-0.1, -0.05) is 29.8 Å². The average Bonchev–Trinajstić information content (AvgIpc) is 3.62. The number of nitrogens with one attached hydrogen (secondary N) is 3. The minimum Gasteiger partial charge on any atom is -0.495 e. The molecule has 1 saturated heterocycles. The summed E-state index contributed by atoms with van der Waals surface area (Å²) in [6, 6.07) is 2.48. The molecular formula is C25H27Cl2N9O4. The van der Waals surface area contributed by atoms with Crippen LogP contribution >= 0.6 is 23.2 Å². The van der Waals surface area contributed by atoms with Gasteiger partial charge >= 0.3 is 6.03 Å². The van der Waals surface area contributed by atoms with E-state index >= 15 is 0 Å². The van der Waals surface area contributed by atoms with Gasteiger partial charge in [0.05, 0.1) is 38.5 Å². The lowest BCUT2D eigenvalue weighted by atomic mass is 10.1. The van der Waals surface area contributed by atoms with E-state index in [2.05, 4.69) is 37.4 Å². The maximum absolute atomic E-state index is 13.5. The zero-order chi connectivity index (χ0) is 28.6. The van der Waals surface area contributed by atoms with Gasteiger partial charge < -0.3 is 25.0 Å². The van der Waals surface area contributed by atoms with Gasteiger partial charge in [0, 0.05) is 50.2 Å². The van der Waals surface area contributed by atoms with E-state index in [0.29, 0.717) is 41.9 Å². The normalized spacial score (nSPS) is 18.4. The van der Waals surface area contributed by atoms with E-state index in [1.807, 2.05) is 11.0 Å². The summed E-state index contributed by atoms with van der Waals surface area (Å²) < 4.78 is 10.7. The Bertz CT molecular complexity index is 1420. The zero-order valence-corrected chi connectivity index (χ0v) is 23.5. The summed E-state index contributed by atoms with van der Waals surface area (Å²) in [6.07, 6.45) is 4.60. The van der Waals surface area contributed by atoms with Gasteiger partial charge in [0.15, 0.2) is 0 Å². The van der Waals surface area contributed by atoms with Crippen LogP contribution in [-0.4, -0.2) is 78.5 Å². The molecule has 4 heterocycles. The first-order chi connectivity index (χ1) is 19.2. The number of nitrogens with zero attached hydrogens (tertiary/aromatic N) is 6. The molecule has 2 atom stereocenters. The zero-order valence-electron chi connectivity index (χ0n) is 21.9. The Labute approximate surface area is 240 Å². The fourth-order valence-corrected chi connectivity index (χ4v) is 5.49. The molecule has 2 aliphatic rings. The minimum absolute atomic E-state index is 0.114. The van der Waals surface area contributed by atoms with Crippen LogP contribution in [0.4, 0.5) is 28.1 Å². The molecule has 3 N–H and O–H groups in total. The number of hydrogen-bond acceptors (Lipinski definition) is 9.